The van der Waals surface area contributed by atoms with Gasteiger partial charge < -0.3 is 4.57 Å². The summed E-state index contributed by atoms with van der Waals surface area (Å²) in [6.07, 6.45) is 6.17. The number of hydrogen-bond donors (Lipinski definition) is 0. The van der Waals surface area contributed by atoms with Crippen molar-refractivity contribution in [2.45, 2.75) is 32.7 Å². The maximum Gasteiger partial charge on any atom is 0.261 e. The lowest BCUT2D eigenvalue weighted by atomic mass is 10.0. The number of nitrogens with zero attached hydrogens (tertiary/aromatic N) is 3. The molecule has 2 heterocycles. The molecule has 0 amide bonds. The molecule has 3 aromatic rings. The minimum absolute atomic E-state index is 0.108. The molecule has 0 fully saturated rings. The van der Waals surface area contributed by atoms with E-state index in [1.54, 1.807) is 35.0 Å². The molecule has 5 heteroatoms. The van der Waals surface area contributed by atoms with Crippen LogP contribution in [-0.2, 0) is 6.54 Å². The lowest BCUT2D eigenvalue weighted by molar-refractivity contribution is 0.586. The van der Waals surface area contributed by atoms with Gasteiger partial charge in [-0.15, -0.1) is 0 Å². The summed E-state index contributed by atoms with van der Waals surface area (Å²) in [4.78, 5) is 16.7. The van der Waals surface area contributed by atoms with Crippen molar-refractivity contribution in [1.82, 2.24) is 9.55 Å². The van der Waals surface area contributed by atoms with E-state index < -0.39 is 5.82 Å². The average Bonchev–Trinajstić information content (AvgIpc) is 2.63. The number of aromatic nitrogens is 2. The molecule has 0 spiro atoms. The van der Waals surface area contributed by atoms with Crippen molar-refractivity contribution in [2.75, 3.05) is 0 Å². The molecular formula is C20H18FN3O. The second-order valence-electron chi connectivity index (χ2n) is 5.99. The van der Waals surface area contributed by atoms with Gasteiger partial charge in [-0.25, -0.2) is 4.39 Å². The predicted molar refractivity (Wildman–Crippen MR) is 95.6 cm³/mol. The summed E-state index contributed by atoms with van der Waals surface area (Å²) < 4.78 is 16.2. The Morgan fingerprint density at radius 1 is 1.24 bits per heavy atom. The molecule has 0 unspecified atom stereocenters. The second kappa shape index (κ2) is 7.27. The van der Waals surface area contributed by atoms with Crippen LogP contribution >= 0.6 is 0 Å². The first-order chi connectivity index (χ1) is 12.1. The molecule has 0 saturated carbocycles. The fourth-order valence-electron chi connectivity index (χ4n) is 2.85. The quantitative estimate of drug-likeness (QED) is 0.654. The molecule has 0 saturated heterocycles. The normalized spacial score (nSPS) is 10.8. The Hall–Kier alpha value is -3.00. The van der Waals surface area contributed by atoms with E-state index in [1.165, 1.54) is 12.3 Å². The number of unbranched alkanes of at least 4 members (excludes halogenated alkanes) is 2. The predicted octanol–water partition coefficient (Wildman–Crippen LogP) is 4.26. The Morgan fingerprint density at radius 3 is 2.76 bits per heavy atom. The van der Waals surface area contributed by atoms with Gasteiger partial charge in [0, 0.05) is 24.5 Å². The summed E-state index contributed by atoms with van der Waals surface area (Å²) in [6, 6.07) is 10.2. The van der Waals surface area contributed by atoms with E-state index in [-0.39, 0.29) is 10.9 Å². The SMILES string of the molecule is CCCCCn1ccc2cc(-c3ccc(C#N)cn3)cc(F)c2c1=O. The van der Waals surface area contributed by atoms with E-state index in [4.69, 9.17) is 5.26 Å². The number of hydrogen-bond acceptors (Lipinski definition) is 3. The van der Waals surface area contributed by atoms with Crippen molar-refractivity contribution in [3.8, 4) is 17.3 Å². The molecule has 0 N–H and O–H groups in total. The number of rotatable bonds is 5. The Balaban J connectivity index is 2.04. The zero-order valence-electron chi connectivity index (χ0n) is 14.0. The number of aryl methyl sites for hydroxylation is 1. The first-order valence-corrected chi connectivity index (χ1v) is 8.33. The standard InChI is InChI=1S/C20H18FN3O/c1-2-3-4-8-24-9-7-15-10-16(11-17(21)19(15)20(24)25)18-6-5-14(12-22)13-23-18/h5-7,9-11,13H,2-4,8H2,1H3. The molecule has 126 valence electrons. The summed E-state index contributed by atoms with van der Waals surface area (Å²) in [6.45, 7) is 2.70. The van der Waals surface area contributed by atoms with E-state index in [1.807, 2.05) is 6.07 Å². The fourth-order valence-corrected chi connectivity index (χ4v) is 2.85. The highest BCUT2D eigenvalue weighted by atomic mass is 19.1. The summed E-state index contributed by atoms with van der Waals surface area (Å²) in [5, 5.41) is 9.49. The highest BCUT2D eigenvalue weighted by molar-refractivity contribution is 5.86. The van der Waals surface area contributed by atoms with Gasteiger partial charge in [0.2, 0.25) is 0 Å². The van der Waals surface area contributed by atoms with E-state index in [0.29, 0.717) is 28.8 Å². The smallest absolute Gasteiger partial charge is 0.261 e. The molecule has 2 aromatic heterocycles. The summed E-state index contributed by atoms with van der Waals surface area (Å²) in [5.41, 5.74) is 1.29. The number of halogens is 1. The van der Waals surface area contributed by atoms with Gasteiger partial charge in [-0.05, 0) is 42.1 Å². The molecule has 0 bridgehead atoms. The van der Waals surface area contributed by atoms with Crippen LogP contribution in [0.3, 0.4) is 0 Å². The van der Waals surface area contributed by atoms with Crippen molar-refractivity contribution in [3.63, 3.8) is 0 Å². The molecule has 25 heavy (non-hydrogen) atoms. The molecule has 3 rings (SSSR count). The van der Waals surface area contributed by atoms with E-state index in [2.05, 4.69) is 11.9 Å². The van der Waals surface area contributed by atoms with Crippen LogP contribution in [0.2, 0.25) is 0 Å². The van der Waals surface area contributed by atoms with Crippen LogP contribution in [0.5, 0.6) is 0 Å². The molecule has 0 aliphatic carbocycles. The van der Waals surface area contributed by atoms with Gasteiger partial charge in [0.25, 0.3) is 5.56 Å². The number of benzene rings is 1. The Bertz CT molecular complexity index is 1000. The molecule has 0 atom stereocenters. The minimum Gasteiger partial charge on any atom is -0.315 e. The first kappa shape index (κ1) is 16.8. The molecule has 1 aromatic carbocycles. The summed E-state index contributed by atoms with van der Waals surface area (Å²) in [5.74, 6) is -0.548. The van der Waals surface area contributed by atoms with Crippen LogP contribution < -0.4 is 5.56 Å². The maximum absolute atomic E-state index is 14.6. The van der Waals surface area contributed by atoms with Gasteiger partial charge in [-0.1, -0.05) is 19.8 Å². The third kappa shape index (κ3) is 3.43. The number of fused-ring (bicyclic) bond motifs is 1. The molecular weight excluding hydrogens is 317 g/mol. The largest absolute Gasteiger partial charge is 0.315 e. The van der Waals surface area contributed by atoms with Crippen molar-refractivity contribution < 1.29 is 4.39 Å². The van der Waals surface area contributed by atoms with Crippen LogP contribution in [0, 0.1) is 17.1 Å². The van der Waals surface area contributed by atoms with Gasteiger partial charge >= 0.3 is 0 Å². The van der Waals surface area contributed by atoms with Crippen LogP contribution in [0.15, 0.2) is 47.5 Å². The average molecular weight is 335 g/mol. The zero-order chi connectivity index (χ0) is 17.8. The number of pyridine rings is 2. The topological polar surface area (TPSA) is 58.7 Å². The lowest BCUT2D eigenvalue weighted by Gasteiger charge is -2.09. The van der Waals surface area contributed by atoms with Gasteiger partial charge in [-0.3, -0.25) is 9.78 Å². The van der Waals surface area contributed by atoms with Gasteiger partial charge in [0.15, 0.2) is 0 Å². The van der Waals surface area contributed by atoms with Crippen LogP contribution in [0.1, 0.15) is 31.7 Å². The third-order valence-corrected chi connectivity index (χ3v) is 4.22. The lowest BCUT2D eigenvalue weighted by Crippen LogP contribution is -2.20. The van der Waals surface area contributed by atoms with E-state index in [0.717, 1.165) is 19.3 Å². The highest BCUT2D eigenvalue weighted by Crippen LogP contribution is 2.24. The van der Waals surface area contributed by atoms with E-state index in [9.17, 15) is 9.18 Å². The highest BCUT2D eigenvalue weighted by Gasteiger charge is 2.11. The summed E-state index contributed by atoms with van der Waals surface area (Å²) in [7, 11) is 0. The Labute approximate surface area is 145 Å². The second-order valence-corrected chi connectivity index (χ2v) is 5.99. The van der Waals surface area contributed by atoms with Crippen molar-refractivity contribution in [1.29, 1.82) is 5.26 Å². The zero-order valence-corrected chi connectivity index (χ0v) is 14.0. The van der Waals surface area contributed by atoms with Crippen LogP contribution in [0.25, 0.3) is 22.0 Å². The maximum atomic E-state index is 14.6. The summed E-state index contributed by atoms with van der Waals surface area (Å²) >= 11 is 0. The molecule has 0 aliphatic rings. The minimum atomic E-state index is -0.548. The first-order valence-electron chi connectivity index (χ1n) is 8.33. The number of nitriles is 1. The van der Waals surface area contributed by atoms with Gasteiger partial charge in [-0.2, -0.15) is 5.26 Å². The van der Waals surface area contributed by atoms with Crippen LogP contribution in [-0.4, -0.2) is 9.55 Å². The van der Waals surface area contributed by atoms with Crippen molar-refractivity contribution in [3.05, 3.63) is 64.5 Å². The van der Waals surface area contributed by atoms with E-state index >= 15 is 0 Å². The fraction of sp³-hybridized carbons (Fsp3) is 0.250. The third-order valence-electron chi connectivity index (χ3n) is 4.22. The molecule has 0 radical (unpaired) electrons. The van der Waals surface area contributed by atoms with Crippen molar-refractivity contribution >= 4 is 10.8 Å². The van der Waals surface area contributed by atoms with Gasteiger partial charge in [0.05, 0.1) is 16.6 Å². The molecule has 0 aliphatic heterocycles. The Kier molecular flexibility index (Phi) is 4.90. The van der Waals surface area contributed by atoms with Gasteiger partial charge in [0.1, 0.15) is 11.9 Å². The van der Waals surface area contributed by atoms with Crippen molar-refractivity contribution in [2.24, 2.45) is 0 Å². The monoisotopic (exact) mass is 335 g/mol. The van der Waals surface area contributed by atoms with Crippen LogP contribution in [0.4, 0.5) is 4.39 Å². The Morgan fingerprint density at radius 2 is 2.08 bits per heavy atom. The molecule has 4 nitrogen and oxygen atoms in total.